The zero-order valence-electron chi connectivity index (χ0n) is 9.83. The van der Waals surface area contributed by atoms with Crippen LogP contribution < -0.4 is 37.2 Å². The summed E-state index contributed by atoms with van der Waals surface area (Å²) < 4.78 is 0. The predicted molar refractivity (Wildman–Crippen MR) is 56.1 cm³/mol. The van der Waals surface area contributed by atoms with Crippen LogP contribution in [-0.2, 0) is 18.6 Å². The molecule has 2 aliphatic carbocycles. The molecule has 17 heavy (non-hydrogen) atoms. The van der Waals surface area contributed by atoms with E-state index >= 15 is 0 Å². The van der Waals surface area contributed by atoms with Gasteiger partial charge in [0.2, 0.25) is 0 Å². The van der Waals surface area contributed by atoms with Crippen molar-refractivity contribution in [3.05, 3.63) is 48.1 Å². The fourth-order valence-corrected chi connectivity index (χ4v) is 1.97. The molecule has 1 atom stereocenters. The van der Waals surface area contributed by atoms with E-state index in [4.69, 9.17) is 0 Å². The first kappa shape index (κ1) is 22.6. The number of halogens is 3. The standard InChI is InChI=1S/C13H15.3ClH.V/c1-13(2)10-6-5-9-12(13)11-7-3-4-8-11;;;;/h3,5-7,9-10,12H,4H2,1-2H3;3*1H;/q-1;;;;+4/p-3. The molecule has 0 amide bonds. The predicted octanol–water partition coefficient (Wildman–Crippen LogP) is -5.55. The van der Waals surface area contributed by atoms with E-state index in [-0.39, 0.29) is 61.2 Å². The first-order valence-corrected chi connectivity index (χ1v) is 4.83. The first-order chi connectivity index (χ1) is 6.20. The summed E-state index contributed by atoms with van der Waals surface area (Å²) in [6.07, 6.45) is 17.6. The summed E-state index contributed by atoms with van der Waals surface area (Å²) in [4.78, 5) is 0. The van der Waals surface area contributed by atoms with Crippen LogP contribution in [0, 0.1) is 17.4 Å². The van der Waals surface area contributed by atoms with Crippen molar-refractivity contribution in [3.8, 4) is 0 Å². The Labute approximate surface area is 135 Å². The SMILES string of the molecule is CC1(C)C=CC=CC1C1=[C-]CC=C1.[Cl-].[Cl-].[Cl-].[V+4]. The van der Waals surface area contributed by atoms with E-state index in [1.165, 1.54) is 5.57 Å². The van der Waals surface area contributed by atoms with E-state index in [0.717, 1.165) is 6.42 Å². The molecule has 0 N–H and O–H groups in total. The van der Waals surface area contributed by atoms with Gasteiger partial charge in [0.15, 0.2) is 0 Å². The minimum absolute atomic E-state index is 0. The van der Waals surface area contributed by atoms with Gasteiger partial charge in [0.05, 0.1) is 0 Å². The first-order valence-electron chi connectivity index (χ1n) is 4.83. The molecule has 1 radical (unpaired) electrons. The zero-order valence-corrected chi connectivity index (χ0v) is 13.5. The third-order valence-corrected chi connectivity index (χ3v) is 2.80. The average molecular weight is 329 g/mol. The van der Waals surface area contributed by atoms with Crippen LogP contribution in [0.2, 0.25) is 0 Å². The Hall–Kier alpha value is 0.414. The Morgan fingerprint density at radius 3 is 2.29 bits per heavy atom. The second kappa shape index (κ2) is 9.36. The normalized spacial score (nSPS) is 22.5. The van der Waals surface area contributed by atoms with Crippen molar-refractivity contribution >= 4 is 0 Å². The van der Waals surface area contributed by atoms with Gasteiger partial charge < -0.3 is 37.2 Å². The second-order valence-electron chi connectivity index (χ2n) is 4.28. The van der Waals surface area contributed by atoms with Crippen molar-refractivity contribution < 1.29 is 55.8 Å². The second-order valence-corrected chi connectivity index (χ2v) is 4.28. The monoisotopic (exact) mass is 327 g/mol. The van der Waals surface area contributed by atoms with Gasteiger partial charge in [-0.3, -0.25) is 6.08 Å². The van der Waals surface area contributed by atoms with E-state index in [2.05, 4.69) is 56.4 Å². The van der Waals surface area contributed by atoms with Gasteiger partial charge in [-0.2, -0.15) is 6.08 Å². The molecule has 2 rings (SSSR count). The molecule has 0 aliphatic heterocycles. The van der Waals surface area contributed by atoms with Gasteiger partial charge in [0, 0.05) is 0 Å². The molecule has 4 heteroatoms. The molecule has 0 heterocycles. The van der Waals surface area contributed by atoms with Crippen molar-refractivity contribution in [1.82, 2.24) is 0 Å². The van der Waals surface area contributed by atoms with Crippen LogP contribution in [0.15, 0.2) is 42.0 Å². The average Bonchev–Trinajstić information content (AvgIpc) is 2.55. The van der Waals surface area contributed by atoms with Gasteiger partial charge in [-0.25, -0.2) is 11.6 Å². The molecule has 93 valence electrons. The minimum Gasteiger partial charge on any atom is -1.00 e. The molecular weight excluding hydrogens is 313 g/mol. The van der Waals surface area contributed by atoms with Gasteiger partial charge in [0.1, 0.15) is 0 Å². The fraction of sp³-hybridized carbons (Fsp3) is 0.385. The Bertz CT molecular complexity index is 328. The van der Waals surface area contributed by atoms with Crippen molar-refractivity contribution in [2.45, 2.75) is 20.3 Å². The van der Waals surface area contributed by atoms with Crippen LogP contribution in [0.3, 0.4) is 0 Å². The number of hydrogen-bond donors (Lipinski definition) is 0. The van der Waals surface area contributed by atoms with E-state index in [9.17, 15) is 0 Å². The summed E-state index contributed by atoms with van der Waals surface area (Å²) in [5, 5.41) is 0. The molecule has 0 aromatic heterocycles. The van der Waals surface area contributed by atoms with Crippen molar-refractivity contribution in [2.75, 3.05) is 0 Å². The third-order valence-electron chi connectivity index (χ3n) is 2.80. The molecular formula is C13H15Cl3V. The van der Waals surface area contributed by atoms with Crippen LogP contribution in [0.25, 0.3) is 0 Å². The van der Waals surface area contributed by atoms with Gasteiger partial charge in [-0.05, 0) is 11.3 Å². The molecule has 1 unspecified atom stereocenters. The molecule has 0 saturated heterocycles. The van der Waals surface area contributed by atoms with Crippen LogP contribution in [0.1, 0.15) is 20.3 Å². The summed E-state index contributed by atoms with van der Waals surface area (Å²) in [6.45, 7) is 4.55. The third kappa shape index (κ3) is 5.28. The van der Waals surface area contributed by atoms with Crippen LogP contribution in [0.4, 0.5) is 0 Å². The van der Waals surface area contributed by atoms with Gasteiger partial charge in [-0.1, -0.05) is 38.2 Å². The van der Waals surface area contributed by atoms with Crippen LogP contribution in [-0.4, -0.2) is 0 Å². The summed E-state index contributed by atoms with van der Waals surface area (Å²) in [6, 6.07) is 0. The fourth-order valence-electron chi connectivity index (χ4n) is 1.97. The van der Waals surface area contributed by atoms with Gasteiger partial charge >= 0.3 is 18.6 Å². The molecule has 0 saturated carbocycles. The molecule has 0 aromatic carbocycles. The zero-order chi connectivity index (χ0) is 9.31. The maximum absolute atomic E-state index is 3.40. The molecule has 0 nitrogen and oxygen atoms in total. The minimum atomic E-state index is 0. The van der Waals surface area contributed by atoms with Crippen LogP contribution >= 0.6 is 0 Å². The molecule has 0 spiro atoms. The Morgan fingerprint density at radius 1 is 1.18 bits per heavy atom. The number of rotatable bonds is 1. The number of hydrogen-bond acceptors (Lipinski definition) is 0. The number of allylic oxidation sites excluding steroid dienone is 8. The van der Waals surface area contributed by atoms with Gasteiger partial charge in [0.25, 0.3) is 0 Å². The van der Waals surface area contributed by atoms with E-state index in [1.54, 1.807) is 0 Å². The van der Waals surface area contributed by atoms with E-state index < -0.39 is 0 Å². The summed E-state index contributed by atoms with van der Waals surface area (Å²) in [5.74, 6) is 0.510. The van der Waals surface area contributed by atoms with Crippen molar-refractivity contribution in [2.24, 2.45) is 11.3 Å². The Kier molecular flexibility index (Phi) is 12.4. The van der Waals surface area contributed by atoms with E-state index in [1.807, 2.05) is 0 Å². The van der Waals surface area contributed by atoms with E-state index in [0.29, 0.717) is 5.92 Å². The summed E-state index contributed by atoms with van der Waals surface area (Å²) in [7, 11) is 0. The largest absolute Gasteiger partial charge is 4.00 e. The molecule has 0 fully saturated rings. The maximum Gasteiger partial charge on any atom is 4.00 e. The van der Waals surface area contributed by atoms with Crippen LogP contribution in [0.5, 0.6) is 0 Å². The quantitative estimate of drug-likeness (QED) is 0.421. The molecule has 2 aliphatic rings. The topological polar surface area (TPSA) is 0 Å². The molecule has 0 bridgehead atoms. The van der Waals surface area contributed by atoms with Gasteiger partial charge in [-0.15, -0.1) is 6.42 Å². The summed E-state index contributed by atoms with van der Waals surface area (Å²) >= 11 is 0. The Morgan fingerprint density at radius 2 is 1.82 bits per heavy atom. The Balaban J connectivity index is -0.000000490. The molecule has 0 aromatic rings. The van der Waals surface area contributed by atoms with Crippen molar-refractivity contribution in [3.63, 3.8) is 0 Å². The maximum atomic E-state index is 3.40. The summed E-state index contributed by atoms with van der Waals surface area (Å²) in [5.41, 5.74) is 1.59. The smallest absolute Gasteiger partial charge is 1.00 e. The van der Waals surface area contributed by atoms with Crippen molar-refractivity contribution in [1.29, 1.82) is 0 Å².